The van der Waals surface area contributed by atoms with Gasteiger partial charge in [-0.15, -0.1) is 0 Å². The average molecular weight is 426 g/mol. The molecule has 28 heavy (non-hydrogen) atoms. The number of benzene rings is 1. The molecule has 1 aromatic carbocycles. The van der Waals surface area contributed by atoms with Crippen LogP contribution in [-0.2, 0) is 30.9 Å². The lowest BCUT2D eigenvalue weighted by Gasteiger charge is -2.18. The van der Waals surface area contributed by atoms with Crippen LogP contribution in [0.3, 0.4) is 0 Å². The number of thiazole rings is 1. The van der Waals surface area contributed by atoms with E-state index in [2.05, 4.69) is 4.99 Å². The fourth-order valence-corrected chi connectivity index (χ4v) is 5.54. The van der Waals surface area contributed by atoms with Gasteiger partial charge in [-0.25, -0.2) is 8.42 Å². The van der Waals surface area contributed by atoms with Crippen LogP contribution in [0.5, 0.6) is 0 Å². The highest BCUT2D eigenvalue weighted by molar-refractivity contribution is 7.88. The highest BCUT2D eigenvalue weighted by Gasteiger charge is 2.36. The van der Waals surface area contributed by atoms with E-state index in [4.69, 9.17) is 4.74 Å². The van der Waals surface area contributed by atoms with Crippen molar-refractivity contribution in [2.24, 2.45) is 4.99 Å². The van der Waals surface area contributed by atoms with Crippen LogP contribution in [0.25, 0.3) is 10.2 Å². The lowest BCUT2D eigenvalue weighted by molar-refractivity contribution is -0.141. The van der Waals surface area contributed by atoms with Crippen LogP contribution in [0.1, 0.15) is 24.0 Å². The predicted octanol–water partition coefficient (Wildman–Crippen LogP) is 1.34. The van der Waals surface area contributed by atoms with Gasteiger partial charge < -0.3 is 9.30 Å². The van der Waals surface area contributed by atoms with Crippen molar-refractivity contribution < 1.29 is 22.7 Å². The second-order valence-electron chi connectivity index (χ2n) is 6.93. The summed E-state index contributed by atoms with van der Waals surface area (Å²) in [5.74, 6) is -0.966. The quantitative estimate of drug-likeness (QED) is 0.689. The van der Waals surface area contributed by atoms with Crippen molar-refractivity contribution in [2.75, 3.05) is 19.9 Å². The number of fused-ring (bicyclic) bond motifs is 1. The summed E-state index contributed by atoms with van der Waals surface area (Å²) in [5, 5.41) is 0. The van der Waals surface area contributed by atoms with Gasteiger partial charge in [-0.2, -0.15) is 9.30 Å². The number of nitrogens with zero attached hydrogens (tertiary/aromatic N) is 3. The summed E-state index contributed by atoms with van der Waals surface area (Å²) < 4.78 is 32.4. The molecule has 152 valence electrons. The Labute approximate surface area is 167 Å². The topological polar surface area (TPSA) is 98.0 Å². The average Bonchev–Trinajstić information content (AvgIpc) is 3.22. The monoisotopic (exact) mass is 425 g/mol. The van der Waals surface area contributed by atoms with Crippen molar-refractivity contribution in [3.05, 3.63) is 28.1 Å². The first-order valence-corrected chi connectivity index (χ1v) is 11.5. The first-order valence-electron chi connectivity index (χ1n) is 8.84. The number of ether oxygens (including phenoxy) is 1. The van der Waals surface area contributed by atoms with E-state index >= 15 is 0 Å². The molecule has 2 aromatic rings. The molecule has 1 atom stereocenters. The van der Waals surface area contributed by atoms with Gasteiger partial charge in [0.25, 0.3) is 5.91 Å². The molecule has 0 bridgehead atoms. The van der Waals surface area contributed by atoms with Gasteiger partial charge in [-0.05, 0) is 49.9 Å². The van der Waals surface area contributed by atoms with Crippen LogP contribution in [0.15, 0.2) is 17.1 Å². The second-order valence-corrected chi connectivity index (χ2v) is 9.88. The summed E-state index contributed by atoms with van der Waals surface area (Å²) in [6.45, 7) is 4.20. The molecule has 0 saturated carbocycles. The molecule has 0 aliphatic carbocycles. The molecule has 1 unspecified atom stereocenters. The molecular formula is C18H23N3O5S2. The predicted molar refractivity (Wildman–Crippen MR) is 106 cm³/mol. The second kappa shape index (κ2) is 7.76. The van der Waals surface area contributed by atoms with Gasteiger partial charge in [-0.1, -0.05) is 11.3 Å². The number of aryl methyl sites for hydroxylation is 2. The van der Waals surface area contributed by atoms with Crippen LogP contribution in [0, 0.1) is 13.8 Å². The first-order chi connectivity index (χ1) is 13.1. The van der Waals surface area contributed by atoms with Crippen molar-refractivity contribution in [2.45, 2.75) is 39.3 Å². The molecule has 0 spiro atoms. The Hall–Kier alpha value is -2.04. The summed E-state index contributed by atoms with van der Waals surface area (Å²) in [7, 11) is -2.18. The van der Waals surface area contributed by atoms with Gasteiger partial charge in [0.1, 0.15) is 12.6 Å². The number of sulfonamides is 1. The van der Waals surface area contributed by atoms with Gasteiger partial charge in [0.15, 0.2) is 4.80 Å². The minimum absolute atomic E-state index is 0.0778. The molecule has 1 fully saturated rings. The Bertz CT molecular complexity index is 1110. The van der Waals surface area contributed by atoms with Gasteiger partial charge in [0.2, 0.25) is 10.0 Å². The molecule has 3 rings (SSSR count). The molecule has 1 aliphatic rings. The Morgan fingerprint density at radius 1 is 1.29 bits per heavy atom. The minimum Gasteiger partial charge on any atom is -0.468 e. The zero-order chi connectivity index (χ0) is 20.6. The van der Waals surface area contributed by atoms with Crippen molar-refractivity contribution in [3.63, 3.8) is 0 Å². The molecule has 0 N–H and O–H groups in total. The molecule has 8 nitrogen and oxygen atoms in total. The maximum absolute atomic E-state index is 12.8. The number of rotatable bonds is 4. The third-order valence-corrected chi connectivity index (χ3v) is 7.26. The van der Waals surface area contributed by atoms with E-state index < -0.39 is 27.9 Å². The largest absolute Gasteiger partial charge is 0.468 e. The number of amides is 1. The van der Waals surface area contributed by atoms with Crippen LogP contribution < -0.4 is 4.80 Å². The van der Waals surface area contributed by atoms with Crippen molar-refractivity contribution in [3.8, 4) is 0 Å². The molecule has 1 aliphatic heterocycles. The van der Waals surface area contributed by atoms with Crippen LogP contribution in [0.4, 0.5) is 0 Å². The lowest BCUT2D eigenvalue weighted by atomic mass is 10.1. The summed E-state index contributed by atoms with van der Waals surface area (Å²) >= 11 is 1.29. The zero-order valence-electron chi connectivity index (χ0n) is 16.3. The minimum atomic E-state index is -3.48. The summed E-state index contributed by atoms with van der Waals surface area (Å²) in [5.41, 5.74) is 2.94. The highest BCUT2D eigenvalue weighted by Crippen LogP contribution is 2.24. The third-order valence-electron chi connectivity index (χ3n) is 4.93. The fourth-order valence-electron chi connectivity index (χ4n) is 3.31. The van der Waals surface area contributed by atoms with Crippen LogP contribution >= 0.6 is 11.3 Å². The summed E-state index contributed by atoms with van der Waals surface area (Å²) in [6, 6.07) is 3.15. The number of carbonyl (C=O) groups is 2. The normalized spacial score (nSPS) is 18.7. The van der Waals surface area contributed by atoms with Crippen molar-refractivity contribution in [1.82, 2.24) is 8.87 Å². The van der Waals surface area contributed by atoms with Gasteiger partial charge >= 0.3 is 5.97 Å². The maximum Gasteiger partial charge on any atom is 0.325 e. The Kier molecular flexibility index (Phi) is 5.74. The first kappa shape index (κ1) is 20.7. The van der Waals surface area contributed by atoms with E-state index in [0.717, 1.165) is 27.6 Å². The van der Waals surface area contributed by atoms with E-state index in [1.807, 2.05) is 26.0 Å². The molecule has 10 heteroatoms. The highest BCUT2D eigenvalue weighted by atomic mass is 32.2. The molecule has 1 amide bonds. The summed E-state index contributed by atoms with van der Waals surface area (Å²) in [6.07, 6.45) is 2.16. The van der Waals surface area contributed by atoms with E-state index in [-0.39, 0.29) is 6.54 Å². The smallest absolute Gasteiger partial charge is 0.325 e. The number of methoxy groups -OCH3 is 1. The van der Waals surface area contributed by atoms with Crippen LogP contribution in [-0.4, -0.2) is 55.1 Å². The van der Waals surface area contributed by atoms with Gasteiger partial charge in [-0.3, -0.25) is 9.59 Å². The molecule has 0 radical (unpaired) electrons. The number of aromatic nitrogens is 1. The number of carbonyl (C=O) groups excluding carboxylic acids is 2. The number of esters is 1. The maximum atomic E-state index is 12.8. The molecular weight excluding hydrogens is 402 g/mol. The van der Waals surface area contributed by atoms with Crippen LogP contribution in [0.2, 0.25) is 0 Å². The van der Waals surface area contributed by atoms with E-state index in [9.17, 15) is 18.0 Å². The standard InChI is InChI=1S/C18H23N3O5S2/c1-11-8-14-15(9-12(11)2)27-18(20(14)10-16(22)26-3)19-17(23)13-6-5-7-21(13)28(4,24)25/h8-9,13H,5-7,10H2,1-4H3. The third kappa shape index (κ3) is 4.03. The summed E-state index contributed by atoms with van der Waals surface area (Å²) in [4.78, 5) is 29.3. The van der Waals surface area contributed by atoms with E-state index in [1.165, 1.54) is 22.8 Å². The number of hydrogen-bond donors (Lipinski definition) is 0. The fraction of sp³-hybridized carbons (Fsp3) is 0.500. The molecule has 1 saturated heterocycles. The number of hydrogen-bond acceptors (Lipinski definition) is 6. The zero-order valence-corrected chi connectivity index (χ0v) is 17.9. The van der Waals surface area contributed by atoms with Crippen molar-refractivity contribution >= 4 is 43.5 Å². The van der Waals surface area contributed by atoms with Gasteiger partial charge in [0, 0.05) is 6.54 Å². The lowest BCUT2D eigenvalue weighted by Crippen LogP contribution is -2.40. The van der Waals surface area contributed by atoms with E-state index in [1.54, 1.807) is 4.57 Å². The Morgan fingerprint density at radius 3 is 2.61 bits per heavy atom. The Morgan fingerprint density at radius 2 is 1.96 bits per heavy atom. The SMILES string of the molecule is COC(=O)Cn1c(=NC(=O)C2CCCN2S(C)(=O)=O)sc2cc(C)c(C)cc21. The molecule has 2 heterocycles. The van der Waals surface area contributed by atoms with Gasteiger partial charge in [0.05, 0.1) is 23.6 Å². The van der Waals surface area contributed by atoms with E-state index in [0.29, 0.717) is 24.2 Å². The van der Waals surface area contributed by atoms with Crippen molar-refractivity contribution in [1.29, 1.82) is 0 Å². The molecule has 1 aromatic heterocycles. The Balaban J connectivity index is 2.11.